The van der Waals surface area contributed by atoms with Crippen molar-refractivity contribution in [1.29, 1.82) is 0 Å². The number of nitrogens with one attached hydrogen (secondary N) is 1. The first-order valence-corrected chi connectivity index (χ1v) is 8.04. The Morgan fingerprint density at radius 3 is 2.18 bits per heavy atom. The van der Waals surface area contributed by atoms with Gasteiger partial charge < -0.3 is 0 Å². The molecule has 3 nitrogen and oxygen atoms in total. The summed E-state index contributed by atoms with van der Waals surface area (Å²) >= 11 is 1.85. The number of thioether (sulfide) groups is 1. The standard InChI is InChI=1S/C13H28N2OS/c1-2-3-4-5-6-7-8-9-11-17-12-10-13(16)15-14/h2-12,14H2,1H3,(H,15,16). The highest BCUT2D eigenvalue weighted by molar-refractivity contribution is 7.99. The van der Waals surface area contributed by atoms with Crippen molar-refractivity contribution < 1.29 is 4.79 Å². The van der Waals surface area contributed by atoms with Crippen LogP contribution in [0.15, 0.2) is 0 Å². The van der Waals surface area contributed by atoms with Gasteiger partial charge in [0.15, 0.2) is 0 Å². The Morgan fingerprint density at radius 2 is 1.59 bits per heavy atom. The van der Waals surface area contributed by atoms with E-state index < -0.39 is 0 Å². The molecule has 0 rings (SSSR count). The van der Waals surface area contributed by atoms with Gasteiger partial charge in [-0.1, -0.05) is 51.9 Å². The fraction of sp³-hybridized carbons (Fsp3) is 0.923. The van der Waals surface area contributed by atoms with E-state index in [9.17, 15) is 4.79 Å². The summed E-state index contributed by atoms with van der Waals surface area (Å²) < 4.78 is 0. The van der Waals surface area contributed by atoms with E-state index in [4.69, 9.17) is 5.84 Å². The minimum Gasteiger partial charge on any atom is -0.294 e. The summed E-state index contributed by atoms with van der Waals surface area (Å²) in [7, 11) is 0. The Hall–Kier alpha value is -0.220. The van der Waals surface area contributed by atoms with Crippen LogP contribution in [0.1, 0.15) is 64.7 Å². The zero-order valence-corrected chi connectivity index (χ0v) is 12.0. The first-order valence-electron chi connectivity index (χ1n) is 6.88. The molecule has 0 fully saturated rings. The van der Waals surface area contributed by atoms with Crippen LogP contribution in [0, 0.1) is 0 Å². The minimum atomic E-state index is -0.0616. The Balaban J connectivity index is 2.96. The average Bonchev–Trinajstić information content (AvgIpc) is 2.35. The zero-order valence-electron chi connectivity index (χ0n) is 11.2. The molecule has 0 saturated heterocycles. The normalized spacial score (nSPS) is 10.5. The van der Waals surface area contributed by atoms with E-state index in [0.717, 1.165) is 5.75 Å². The molecule has 0 aromatic rings. The van der Waals surface area contributed by atoms with Crippen molar-refractivity contribution in [1.82, 2.24) is 5.43 Å². The molecule has 102 valence electrons. The van der Waals surface area contributed by atoms with Gasteiger partial charge in [0.2, 0.25) is 5.91 Å². The SMILES string of the molecule is CCCCCCCCCCSCCC(=O)NN. The van der Waals surface area contributed by atoms with Gasteiger partial charge in [-0.15, -0.1) is 0 Å². The van der Waals surface area contributed by atoms with Crippen molar-refractivity contribution in [2.75, 3.05) is 11.5 Å². The van der Waals surface area contributed by atoms with Crippen LogP contribution in [0.5, 0.6) is 0 Å². The summed E-state index contributed by atoms with van der Waals surface area (Å²) in [5.41, 5.74) is 2.15. The molecule has 0 aliphatic carbocycles. The number of nitrogens with two attached hydrogens (primary N) is 1. The van der Waals surface area contributed by atoms with E-state index in [2.05, 4.69) is 12.3 Å². The molecule has 0 bridgehead atoms. The second-order valence-corrected chi connectivity index (χ2v) is 5.63. The number of carbonyl (C=O) groups is 1. The lowest BCUT2D eigenvalue weighted by atomic mass is 10.1. The highest BCUT2D eigenvalue weighted by Crippen LogP contribution is 2.11. The predicted molar refractivity (Wildman–Crippen MR) is 76.9 cm³/mol. The lowest BCUT2D eigenvalue weighted by Crippen LogP contribution is -2.30. The highest BCUT2D eigenvalue weighted by atomic mass is 32.2. The van der Waals surface area contributed by atoms with Crippen LogP contribution < -0.4 is 11.3 Å². The molecule has 0 aromatic carbocycles. The molecule has 0 aliphatic rings. The van der Waals surface area contributed by atoms with Crippen molar-refractivity contribution in [3.8, 4) is 0 Å². The number of hydrogen-bond acceptors (Lipinski definition) is 3. The van der Waals surface area contributed by atoms with Crippen LogP contribution >= 0.6 is 11.8 Å². The quantitative estimate of drug-likeness (QED) is 0.245. The lowest BCUT2D eigenvalue weighted by molar-refractivity contribution is -0.120. The van der Waals surface area contributed by atoms with Crippen LogP contribution in [0.2, 0.25) is 0 Å². The number of hydrogen-bond donors (Lipinski definition) is 2. The molecule has 3 N–H and O–H groups in total. The first kappa shape index (κ1) is 16.8. The second-order valence-electron chi connectivity index (χ2n) is 4.40. The maximum absolute atomic E-state index is 10.8. The lowest BCUT2D eigenvalue weighted by Gasteiger charge is -2.02. The van der Waals surface area contributed by atoms with E-state index in [-0.39, 0.29) is 5.91 Å². The number of amides is 1. The molecular formula is C13H28N2OS. The Morgan fingerprint density at radius 1 is 1.00 bits per heavy atom. The van der Waals surface area contributed by atoms with Gasteiger partial charge in [0.05, 0.1) is 0 Å². The minimum absolute atomic E-state index is 0.0616. The second kappa shape index (κ2) is 13.8. The smallest absolute Gasteiger partial charge is 0.234 e. The summed E-state index contributed by atoms with van der Waals surface area (Å²) in [5, 5.41) is 0. The molecule has 0 unspecified atom stereocenters. The average molecular weight is 260 g/mol. The van der Waals surface area contributed by atoms with Crippen LogP contribution in [-0.2, 0) is 4.79 Å². The predicted octanol–water partition coefficient (Wildman–Crippen LogP) is 3.24. The van der Waals surface area contributed by atoms with E-state index in [1.54, 1.807) is 0 Å². The Labute approximate surface area is 110 Å². The highest BCUT2D eigenvalue weighted by Gasteiger charge is 1.97. The molecule has 0 aromatic heterocycles. The third kappa shape index (κ3) is 13.7. The summed E-state index contributed by atoms with van der Waals surface area (Å²) in [5.74, 6) is 6.99. The Bertz CT molecular complexity index is 177. The molecule has 0 aliphatic heterocycles. The van der Waals surface area contributed by atoms with Crippen molar-refractivity contribution in [3.05, 3.63) is 0 Å². The van der Waals surface area contributed by atoms with Crippen molar-refractivity contribution in [2.45, 2.75) is 64.7 Å². The summed E-state index contributed by atoms with van der Waals surface area (Å²) in [6.07, 6.45) is 11.4. The van der Waals surface area contributed by atoms with E-state index in [1.165, 1.54) is 57.1 Å². The number of unbranched alkanes of at least 4 members (excludes halogenated alkanes) is 7. The van der Waals surface area contributed by atoms with Crippen LogP contribution in [0.4, 0.5) is 0 Å². The molecular weight excluding hydrogens is 232 g/mol. The third-order valence-electron chi connectivity index (χ3n) is 2.78. The number of hydrazine groups is 1. The maximum atomic E-state index is 10.8. The first-order chi connectivity index (χ1) is 8.31. The zero-order chi connectivity index (χ0) is 12.8. The fourth-order valence-corrected chi connectivity index (χ4v) is 2.62. The molecule has 17 heavy (non-hydrogen) atoms. The van der Waals surface area contributed by atoms with Gasteiger partial charge in [-0.05, 0) is 12.2 Å². The van der Waals surface area contributed by atoms with E-state index in [0.29, 0.717) is 6.42 Å². The fourth-order valence-electron chi connectivity index (χ4n) is 1.68. The topological polar surface area (TPSA) is 55.1 Å². The molecule has 0 heterocycles. The van der Waals surface area contributed by atoms with Crippen molar-refractivity contribution >= 4 is 17.7 Å². The van der Waals surface area contributed by atoms with Gasteiger partial charge in [-0.3, -0.25) is 10.2 Å². The third-order valence-corrected chi connectivity index (χ3v) is 3.85. The van der Waals surface area contributed by atoms with Crippen LogP contribution in [0.25, 0.3) is 0 Å². The van der Waals surface area contributed by atoms with Gasteiger partial charge in [0, 0.05) is 12.2 Å². The van der Waals surface area contributed by atoms with Crippen LogP contribution in [0.3, 0.4) is 0 Å². The molecule has 0 atom stereocenters. The van der Waals surface area contributed by atoms with Gasteiger partial charge in [-0.25, -0.2) is 5.84 Å². The van der Waals surface area contributed by atoms with E-state index >= 15 is 0 Å². The van der Waals surface area contributed by atoms with Gasteiger partial charge >= 0.3 is 0 Å². The maximum Gasteiger partial charge on any atom is 0.234 e. The summed E-state index contributed by atoms with van der Waals surface area (Å²) in [6.45, 7) is 2.25. The molecule has 4 heteroatoms. The van der Waals surface area contributed by atoms with Crippen LogP contribution in [-0.4, -0.2) is 17.4 Å². The van der Waals surface area contributed by atoms with E-state index in [1.807, 2.05) is 11.8 Å². The van der Waals surface area contributed by atoms with Crippen molar-refractivity contribution in [3.63, 3.8) is 0 Å². The number of carbonyl (C=O) groups excluding carboxylic acids is 1. The monoisotopic (exact) mass is 260 g/mol. The molecule has 0 saturated carbocycles. The Kier molecular flexibility index (Phi) is 13.7. The largest absolute Gasteiger partial charge is 0.294 e. The molecule has 1 amide bonds. The summed E-state index contributed by atoms with van der Waals surface area (Å²) in [4.78, 5) is 10.8. The molecule has 0 spiro atoms. The summed E-state index contributed by atoms with van der Waals surface area (Å²) in [6, 6.07) is 0. The van der Waals surface area contributed by atoms with Crippen molar-refractivity contribution in [2.24, 2.45) is 5.84 Å². The van der Waals surface area contributed by atoms with Gasteiger partial charge in [0.25, 0.3) is 0 Å². The molecule has 0 radical (unpaired) electrons. The van der Waals surface area contributed by atoms with Gasteiger partial charge in [0.1, 0.15) is 0 Å². The number of rotatable bonds is 12. The van der Waals surface area contributed by atoms with Gasteiger partial charge in [-0.2, -0.15) is 11.8 Å².